The zero-order valence-corrected chi connectivity index (χ0v) is 12.5. The lowest BCUT2D eigenvalue weighted by Gasteiger charge is -2.15. The molecule has 0 saturated heterocycles. The minimum Gasteiger partial charge on any atom is -0.460 e. The summed E-state index contributed by atoms with van der Waals surface area (Å²) in [6.07, 6.45) is 4.39. The lowest BCUT2D eigenvalue weighted by atomic mass is 10.1. The van der Waals surface area contributed by atoms with Gasteiger partial charge in [-0.25, -0.2) is 0 Å². The van der Waals surface area contributed by atoms with Gasteiger partial charge in [-0.05, 0) is 37.9 Å². The van der Waals surface area contributed by atoms with Gasteiger partial charge in [-0.15, -0.1) is 0 Å². The number of rotatable bonds is 7. The Morgan fingerprint density at radius 1 is 1.32 bits per heavy atom. The summed E-state index contributed by atoms with van der Waals surface area (Å²) < 4.78 is 5.84. The third kappa shape index (κ3) is 3.74. The van der Waals surface area contributed by atoms with Crippen molar-refractivity contribution in [2.45, 2.75) is 45.6 Å². The van der Waals surface area contributed by atoms with Gasteiger partial charge >= 0.3 is 0 Å². The van der Waals surface area contributed by atoms with E-state index < -0.39 is 0 Å². The predicted octanol–water partition coefficient (Wildman–Crippen LogP) is 4.80. The molecule has 0 radical (unpaired) electrons. The van der Waals surface area contributed by atoms with E-state index >= 15 is 0 Å². The van der Waals surface area contributed by atoms with E-state index in [1.165, 1.54) is 6.42 Å². The molecule has 3 heteroatoms. The molecule has 0 amide bonds. The fraction of sp³-hybridized carbons (Fsp3) is 0.500. The Bertz CT molecular complexity index is 520. The fourth-order valence-corrected chi connectivity index (χ4v) is 2.54. The predicted molar refractivity (Wildman–Crippen MR) is 81.9 cm³/mol. The molecule has 0 saturated carbocycles. The quantitative estimate of drug-likeness (QED) is 0.788. The van der Waals surface area contributed by atoms with Gasteiger partial charge < -0.3 is 9.73 Å². The number of hydrogen-bond donors (Lipinski definition) is 1. The van der Waals surface area contributed by atoms with Crippen LogP contribution in [0.2, 0.25) is 5.02 Å². The standard InChI is InChI=1S/C16H22ClNO/c1-3-10-18-13(4-2)8-9-14-11-12-6-5-7-15(17)16(12)19-14/h5-7,11,13,18H,3-4,8-10H2,1-2H3. The second kappa shape index (κ2) is 6.97. The summed E-state index contributed by atoms with van der Waals surface area (Å²) in [7, 11) is 0. The smallest absolute Gasteiger partial charge is 0.152 e. The van der Waals surface area contributed by atoms with Crippen LogP contribution in [-0.2, 0) is 6.42 Å². The zero-order valence-electron chi connectivity index (χ0n) is 11.7. The molecule has 1 aromatic heterocycles. The molecular weight excluding hydrogens is 258 g/mol. The highest BCUT2D eigenvalue weighted by molar-refractivity contribution is 6.34. The van der Waals surface area contributed by atoms with Crippen LogP contribution in [0.4, 0.5) is 0 Å². The van der Waals surface area contributed by atoms with Gasteiger partial charge in [-0.3, -0.25) is 0 Å². The van der Waals surface area contributed by atoms with E-state index in [1.54, 1.807) is 0 Å². The number of hydrogen-bond acceptors (Lipinski definition) is 2. The molecule has 2 rings (SSSR count). The van der Waals surface area contributed by atoms with Gasteiger partial charge in [0.25, 0.3) is 0 Å². The molecule has 0 aliphatic heterocycles. The third-order valence-electron chi connectivity index (χ3n) is 3.46. The van der Waals surface area contributed by atoms with Crippen LogP contribution in [0.1, 0.15) is 38.9 Å². The molecule has 2 nitrogen and oxygen atoms in total. The molecule has 0 aliphatic carbocycles. The number of benzene rings is 1. The van der Waals surface area contributed by atoms with Crippen molar-refractivity contribution in [3.05, 3.63) is 35.0 Å². The maximum atomic E-state index is 6.12. The molecule has 1 aromatic carbocycles. The van der Waals surface area contributed by atoms with Crippen molar-refractivity contribution >= 4 is 22.6 Å². The lowest BCUT2D eigenvalue weighted by Crippen LogP contribution is -2.29. The van der Waals surface area contributed by atoms with Gasteiger partial charge in [0, 0.05) is 17.8 Å². The first-order valence-electron chi connectivity index (χ1n) is 7.15. The number of halogens is 1. The summed E-state index contributed by atoms with van der Waals surface area (Å²) in [5.41, 5.74) is 0.814. The Morgan fingerprint density at radius 2 is 2.16 bits per heavy atom. The fourth-order valence-electron chi connectivity index (χ4n) is 2.32. The molecule has 1 atom stereocenters. The van der Waals surface area contributed by atoms with E-state index in [0.29, 0.717) is 11.1 Å². The second-order valence-electron chi connectivity index (χ2n) is 4.97. The van der Waals surface area contributed by atoms with Gasteiger partial charge in [0.2, 0.25) is 0 Å². The van der Waals surface area contributed by atoms with Crippen LogP contribution in [0.15, 0.2) is 28.7 Å². The summed E-state index contributed by atoms with van der Waals surface area (Å²) in [5.74, 6) is 1.03. The average Bonchev–Trinajstić information content (AvgIpc) is 2.83. The Balaban J connectivity index is 1.99. The van der Waals surface area contributed by atoms with Crippen LogP contribution in [-0.4, -0.2) is 12.6 Å². The maximum absolute atomic E-state index is 6.12. The minimum atomic E-state index is 0.573. The monoisotopic (exact) mass is 279 g/mol. The summed E-state index contributed by atoms with van der Waals surface area (Å²) in [6.45, 7) is 5.51. The molecular formula is C16H22ClNO. The van der Waals surface area contributed by atoms with Gasteiger partial charge in [0.1, 0.15) is 5.76 Å². The Morgan fingerprint density at radius 3 is 2.84 bits per heavy atom. The van der Waals surface area contributed by atoms with E-state index in [9.17, 15) is 0 Å². The van der Waals surface area contributed by atoms with Crippen LogP contribution in [0.5, 0.6) is 0 Å². The van der Waals surface area contributed by atoms with Crippen LogP contribution in [0, 0.1) is 0 Å². The molecule has 0 aliphatic rings. The van der Waals surface area contributed by atoms with E-state index in [2.05, 4.69) is 25.2 Å². The normalized spacial score (nSPS) is 13.0. The first kappa shape index (κ1) is 14.4. The number of furan rings is 1. The van der Waals surface area contributed by atoms with E-state index in [1.807, 2.05) is 18.2 Å². The number of nitrogens with one attached hydrogen (secondary N) is 1. The van der Waals surface area contributed by atoms with Gasteiger partial charge in [-0.1, -0.05) is 37.6 Å². The molecule has 0 spiro atoms. The highest BCUT2D eigenvalue weighted by Gasteiger charge is 2.10. The summed E-state index contributed by atoms with van der Waals surface area (Å²) in [5, 5.41) is 5.36. The van der Waals surface area contributed by atoms with Gasteiger partial charge in [0.15, 0.2) is 5.58 Å². The largest absolute Gasteiger partial charge is 0.460 e. The summed E-state index contributed by atoms with van der Waals surface area (Å²) in [4.78, 5) is 0. The van der Waals surface area contributed by atoms with Crippen molar-refractivity contribution in [2.24, 2.45) is 0 Å². The van der Waals surface area contributed by atoms with Crippen molar-refractivity contribution in [3.8, 4) is 0 Å². The zero-order chi connectivity index (χ0) is 13.7. The van der Waals surface area contributed by atoms with Crippen LogP contribution >= 0.6 is 11.6 Å². The second-order valence-corrected chi connectivity index (χ2v) is 5.38. The first-order valence-corrected chi connectivity index (χ1v) is 7.52. The highest BCUT2D eigenvalue weighted by Crippen LogP contribution is 2.27. The summed E-state index contributed by atoms with van der Waals surface area (Å²) >= 11 is 6.12. The lowest BCUT2D eigenvalue weighted by molar-refractivity contribution is 0.444. The Hall–Kier alpha value is -0.990. The average molecular weight is 280 g/mol. The SMILES string of the molecule is CCCNC(CC)CCc1cc2cccc(Cl)c2o1. The number of aryl methyl sites for hydroxylation is 1. The van der Waals surface area contributed by atoms with E-state index in [-0.39, 0.29) is 0 Å². The molecule has 104 valence electrons. The van der Waals surface area contributed by atoms with Crippen LogP contribution < -0.4 is 5.32 Å². The molecule has 2 aromatic rings. The topological polar surface area (TPSA) is 25.2 Å². The maximum Gasteiger partial charge on any atom is 0.152 e. The molecule has 1 heterocycles. The molecule has 19 heavy (non-hydrogen) atoms. The highest BCUT2D eigenvalue weighted by atomic mass is 35.5. The first-order chi connectivity index (χ1) is 9.24. The molecule has 1 unspecified atom stereocenters. The van der Waals surface area contributed by atoms with E-state index in [0.717, 1.165) is 42.5 Å². The van der Waals surface area contributed by atoms with Crippen molar-refractivity contribution in [1.82, 2.24) is 5.32 Å². The summed E-state index contributed by atoms with van der Waals surface area (Å²) in [6, 6.07) is 8.55. The minimum absolute atomic E-state index is 0.573. The van der Waals surface area contributed by atoms with Crippen LogP contribution in [0.25, 0.3) is 11.0 Å². The molecule has 1 N–H and O–H groups in total. The van der Waals surface area contributed by atoms with E-state index in [4.69, 9.17) is 16.0 Å². The molecule has 0 bridgehead atoms. The third-order valence-corrected chi connectivity index (χ3v) is 3.76. The number of fused-ring (bicyclic) bond motifs is 1. The Labute approximate surface area is 120 Å². The molecule has 0 fully saturated rings. The number of para-hydroxylation sites is 1. The van der Waals surface area contributed by atoms with Crippen molar-refractivity contribution in [2.75, 3.05) is 6.54 Å². The Kier molecular flexibility index (Phi) is 5.29. The van der Waals surface area contributed by atoms with Crippen molar-refractivity contribution in [1.29, 1.82) is 0 Å². The van der Waals surface area contributed by atoms with Crippen molar-refractivity contribution in [3.63, 3.8) is 0 Å². The van der Waals surface area contributed by atoms with Crippen molar-refractivity contribution < 1.29 is 4.42 Å². The van der Waals surface area contributed by atoms with Gasteiger partial charge in [-0.2, -0.15) is 0 Å². The van der Waals surface area contributed by atoms with Crippen LogP contribution in [0.3, 0.4) is 0 Å². The van der Waals surface area contributed by atoms with Gasteiger partial charge in [0.05, 0.1) is 5.02 Å².